The van der Waals surface area contributed by atoms with Crippen molar-refractivity contribution in [2.24, 2.45) is 0 Å². The summed E-state index contributed by atoms with van der Waals surface area (Å²) in [5.74, 6) is -1.02. The summed E-state index contributed by atoms with van der Waals surface area (Å²) < 4.78 is 15.5. The number of carbonyl (C=O) groups is 3. The van der Waals surface area contributed by atoms with Crippen LogP contribution in [0.2, 0.25) is 15.1 Å². The molecule has 2 aromatic carbocycles. The second kappa shape index (κ2) is 15.2. The number of hydrogen-bond acceptors (Lipinski definition) is 5. The van der Waals surface area contributed by atoms with Gasteiger partial charge in [-0.05, 0) is 75.7 Å². The number of fused-ring (bicyclic) bond motifs is 1. The Balaban J connectivity index is 0.000000628. The highest BCUT2D eigenvalue weighted by Gasteiger charge is 2.52. The van der Waals surface area contributed by atoms with Crippen molar-refractivity contribution in [1.82, 2.24) is 24.7 Å². The number of benzene rings is 2. The lowest BCUT2D eigenvalue weighted by atomic mass is 9.96. The number of halogens is 3. The fraction of sp³-hybridized carbons (Fsp3) is 0.500. The summed E-state index contributed by atoms with van der Waals surface area (Å²) in [5.41, 5.74) is 0.815. The molecule has 4 unspecified atom stereocenters. The second-order valence-electron chi connectivity index (χ2n) is 11.1. The van der Waals surface area contributed by atoms with Crippen LogP contribution in [0.5, 0.6) is 0 Å². The Morgan fingerprint density at radius 3 is 2.16 bits per heavy atom. The van der Waals surface area contributed by atoms with Gasteiger partial charge in [0.1, 0.15) is 29.2 Å². The van der Waals surface area contributed by atoms with Gasteiger partial charge in [-0.3, -0.25) is 14.4 Å². The predicted octanol–water partition coefficient (Wildman–Crippen LogP) is 4.27. The van der Waals surface area contributed by atoms with E-state index in [9.17, 15) is 18.6 Å². The molecule has 13 heteroatoms. The van der Waals surface area contributed by atoms with E-state index in [4.69, 9.17) is 34.8 Å². The lowest BCUT2D eigenvalue weighted by Gasteiger charge is -2.54. The molecule has 0 aliphatic carbocycles. The summed E-state index contributed by atoms with van der Waals surface area (Å²) in [4.78, 5) is 42.9. The van der Waals surface area contributed by atoms with Crippen molar-refractivity contribution in [2.45, 2.75) is 75.6 Å². The van der Waals surface area contributed by atoms with Gasteiger partial charge in [0, 0.05) is 36.0 Å². The molecule has 9 nitrogen and oxygen atoms in total. The molecule has 234 valence electrons. The van der Waals surface area contributed by atoms with Crippen molar-refractivity contribution in [2.75, 3.05) is 26.2 Å². The maximum Gasteiger partial charge on any atom is 0.248 e. The van der Waals surface area contributed by atoms with E-state index in [1.165, 1.54) is 50.2 Å². The molecule has 2 N–H and O–H groups in total. The Labute approximate surface area is 270 Å². The van der Waals surface area contributed by atoms with Crippen LogP contribution in [-0.2, 0) is 31.8 Å². The van der Waals surface area contributed by atoms with E-state index in [0.717, 1.165) is 5.56 Å². The highest BCUT2D eigenvalue weighted by molar-refractivity contribution is 7.82. The Bertz CT molecular complexity index is 1330. The molecular formula is C30H38Cl3N5O4S. The average molecular weight is 671 g/mol. The highest BCUT2D eigenvalue weighted by Crippen LogP contribution is 2.33. The van der Waals surface area contributed by atoms with Gasteiger partial charge in [-0.15, -0.1) is 0 Å². The van der Waals surface area contributed by atoms with Crippen molar-refractivity contribution in [3.63, 3.8) is 0 Å². The number of nitrogens with zero attached hydrogens (tertiary/aromatic N) is 3. The van der Waals surface area contributed by atoms with Gasteiger partial charge in [0.15, 0.2) is 0 Å². The van der Waals surface area contributed by atoms with Crippen LogP contribution >= 0.6 is 34.8 Å². The third-order valence-electron chi connectivity index (χ3n) is 7.68. The molecule has 3 heterocycles. The van der Waals surface area contributed by atoms with Crippen LogP contribution in [0.25, 0.3) is 0 Å². The molecule has 0 saturated carbocycles. The smallest absolute Gasteiger partial charge is 0.248 e. The maximum absolute atomic E-state index is 13.9. The first-order valence-electron chi connectivity index (χ1n) is 14.5. The van der Waals surface area contributed by atoms with Gasteiger partial charge in [0.25, 0.3) is 0 Å². The van der Waals surface area contributed by atoms with Crippen molar-refractivity contribution in [1.29, 1.82) is 0 Å². The quantitative estimate of drug-likeness (QED) is 0.479. The summed E-state index contributed by atoms with van der Waals surface area (Å²) in [7, 11) is -1.82. The standard InChI is InChI=1S/C25H27Cl3N4O4S.C5H11N/c1-14(2)30-13-23-31(37(36)22-9-8-18(27)11-19(22)28)12-20(29-15(3)33)24(34)32(23)21(25(30)35)10-16-4-6-17(26)7-5-16;1-2-4-6-5-3-1/h4-9,11,14,20-21,23H,10,12-13H2,1-3H3,(H,29,33);6H,1-5H2. The van der Waals surface area contributed by atoms with Crippen LogP contribution in [0.3, 0.4) is 0 Å². The van der Waals surface area contributed by atoms with E-state index in [0.29, 0.717) is 14.9 Å². The van der Waals surface area contributed by atoms with Crippen LogP contribution in [0.15, 0.2) is 47.4 Å². The molecule has 3 fully saturated rings. The Morgan fingerprint density at radius 2 is 1.63 bits per heavy atom. The Hall–Kier alpha value is -2.21. The minimum absolute atomic E-state index is 0.0149. The van der Waals surface area contributed by atoms with Crippen LogP contribution < -0.4 is 10.6 Å². The fourth-order valence-corrected chi connectivity index (χ4v) is 7.60. The van der Waals surface area contributed by atoms with Crippen molar-refractivity contribution < 1.29 is 18.6 Å². The maximum atomic E-state index is 13.9. The zero-order chi connectivity index (χ0) is 31.3. The van der Waals surface area contributed by atoms with Crippen LogP contribution in [0.4, 0.5) is 0 Å². The first kappa shape index (κ1) is 33.7. The van der Waals surface area contributed by atoms with Gasteiger partial charge in [0.05, 0.1) is 16.5 Å². The lowest BCUT2D eigenvalue weighted by Crippen LogP contribution is -2.76. The summed E-state index contributed by atoms with van der Waals surface area (Å²) in [6.45, 7) is 7.75. The fourth-order valence-electron chi connectivity index (χ4n) is 5.53. The number of amides is 3. The minimum Gasteiger partial charge on any atom is -0.343 e. The van der Waals surface area contributed by atoms with Crippen molar-refractivity contribution in [3.05, 3.63) is 63.1 Å². The molecule has 3 saturated heterocycles. The predicted molar refractivity (Wildman–Crippen MR) is 170 cm³/mol. The van der Waals surface area contributed by atoms with Crippen LogP contribution in [0.1, 0.15) is 45.6 Å². The summed E-state index contributed by atoms with van der Waals surface area (Å²) in [5, 5.41) is 7.12. The molecule has 4 atom stereocenters. The van der Waals surface area contributed by atoms with Gasteiger partial charge in [0.2, 0.25) is 17.7 Å². The molecule has 43 heavy (non-hydrogen) atoms. The molecule has 3 amide bonds. The summed E-state index contributed by atoms with van der Waals surface area (Å²) in [6.07, 6.45) is 3.74. The monoisotopic (exact) mass is 669 g/mol. The number of piperazine rings is 1. The van der Waals surface area contributed by atoms with Gasteiger partial charge in [-0.1, -0.05) is 53.4 Å². The number of rotatable bonds is 6. The van der Waals surface area contributed by atoms with E-state index < -0.39 is 41.0 Å². The summed E-state index contributed by atoms with van der Waals surface area (Å²) in [6, 6.07) is 9.73. The number of nitrogens with one attached hydrogen (secondary N) is 2. The zero-order valence-corrected chi connectivity index (χ0v) is 27.6. The molecular weight excluding hydrogens is 633 g/mol. The first-order valence-corrected chi connectivity index (χ1v) is 16.7. The SMILES string of the molecule is C1CCNCC1.CC(=O)NC1CN(S(=O)c2ccc(Cl)cc2Cl)C2CN(C(C)C)C(=O)C(Cc3ccc(Cl)cc3)N2C1=O. The van der Waals surface area contributed by atoms with Crippen molar-refractivity contribution in [3.8, 4) is 0 Å². The highest BCUT2D eigenvalue weighted by atomic mass is 35.5. The molecule has 2 aromatic rings. The molecule has 3 aliphatic rings. The largest absolute Gasteiger partial charge is 0.343 e. The number of hydrogen-bond donors (Lipinski definition) is 2. The third kappa shape index (κ3) is 8.29. The van der Waals surface area contributed by atoms with Gasteiger partial charge >= 0.3 is 0 Å². The third-order valence-corrected chi connectivity index (χ3v) is 10.1. The molecule has 5 rings (SSSR count). The van der Waals surface area contributed by atoms with E-state index in [1.54, 1.807) is 33.5 Å². The molecule has 0 radical (unpaired) electrons. The average Bonchev–Trinajstić information content (AvgIpc) is 2.97. The van der Waals surface area contributed by atoms with Gasteiger partial charge < -0.3 is 20.4 Å². The molecule has 0 bridgehead atoms. The number of carbonyl (C=O) groups excluding carboxylic acids is 3. The van der Waals surface area contributed by atoms with Crippen molar-refractivity contribution >= 4 is 63.5 Å². The first-order chi connectivity index (χ1) is 20.5. The number of piperidine rings is 1. The van der Waals surface area contributed by atoms with Gasteiger partial charge in [-0.2, -0.15) is 4.31 Å². The Kier molecular flexibility index (Phi) is 11.9. The second-order valence-corrected chi connectivity index (χ2v) is 13.8. The normalized spacial score (nSPS) is 23.4. The van der Waals surface area contributed by atoms with E-state index in [-0.39, 0.29) is 36.5 Å². The van der Waals surface area contributed by atoms with E-state index in [2.05, 4.69) is 10.6 Å². The molecule has 3 aliphatic heterocycles. The lowest BCUT2D eigenvalue weighted by molar-refractivity contribution is -0.168. The topological polar surface area (TPSA) is 102 Å². The van der Waals surface area contributed by atoms with E-state index >= 15 is 0 Å². The molecule has 0 aromatic heterocycles. The van der Waals surface area contributed by atoms with E-state index in [1.807, 2.05) is 26.0 Å². The van der Waals surface area contributed by atoms with Crippen LogP contribution in [0, 0.1) is 0 Å². The minimum atomic E-state index is -1.82. The molecule has 0 spiro atoms. The zero-order valence-electron chi connectivity index (χ0n) is 24.5. The summed E-state index contributed by atoms with van der Waals surface area (Å²) >= 11 is 18.5. The van der Waals surface area contributed by atoms with Gasteiger partial charge in [-0.25, -0.2) is 4.21 Å². The Morgan fingerprint density at radius 1 is 0.977 bits per heavy atom. The van der Waals surface area contributed by atoms with Crippen LogP contribution in [-0.4, -0.2) is 86.5 Å².